The first-order chi connectivity index (χ1) is 12.2. The molecule has 6 nitrogen and oxygen atoms in total. The van der Waals surface area contributed by atoms with Crippen LogP contribution in [0.3, 0.4) is 0 Å². The van der Waals surface area contributed by atoms with Crippen LogP contribution in [0, 0.1) is 0 Å². The molecule has 2 heterocycles. The first-order valence-electron chi connectivity index (χ1n) is 7.48. The number of thiazole rings is 1. The summed E-state index contributed by atoms with van der Waals surface area (Å²) in [7, 11) is 1.56. The zero-order valence-electron chi connectivity index (χ0n) is 13.1. The number of hydrogen-bond donors (Lipinski definition) is 1. The number of carbonyl (C=O) groups is 1. The van der Waals surface area contributed by atoms with Gasteiger partial charge in [-0.25, -0.2) is 4.98 Å². The van der Waals surface area contributed by atoms with Crippen molar-refractivity contribution in [1.29, 1.82) is 0 Å². The van der Waals surface area contributed by atoms with E-state index in [4.69, 9.17) is 25.8 Å². The predicted molar refractivity (Wildman–Crippen MR) is 96.2 cm³/mol. The Morgan fingerprint density at radius 3 is 2.92 bits per heavy atom. The van der Waals surface area contributed by atoms with Gasteiger partial charge in [-0.05, 0) is 24.3 Å². The molecule has 3 aromatic rings. The second-order valence-corrected chi connectivity index (χ2v) is 6.71. The average molecular weight is 377 g/mol. The van der Waals surface area contributed by atoms with Crippen molar-refractivity contribution in [3.63, 3.8) is 0 Å². The van der Waals surface area contributed by atoms with E-state index in [1.165, 1.54) is 11.3 Å². The lowest BCUT2D eigenvalue weighted by atomic mass is 10.2. The second kappa shape index (κ2) is 6.42. The number of nitrogens with zero attached hydrogens (tertiary/aromatic N) is 1. The third kappa shape index (κ3) is 2.96. The van der Waals surface area contributed by atoms with Crippen LogP contribution in [0.2, 0.25) is 5.02 Å². The number of hydrogen-bond acceptors (Lipinski definition) is 6. The van der Waals surface area contributed by atoms with E-state index in [-0.39, 0.29) is 12.5 Å². The predicted octanol–water partition coefficient (Wildman–Crippen LogP) is 3.74. The van der Waals surface area contributed by atoms with Crippen LogP contribution in [0.25, 0.3) is 10.2 Å². The van der Waals surface area contributed by atoms with E-state index in [0.717, 1.165) is 4.70 Å². The minimum absolute atomic E-state index is 0.137. The fraction of sp³-hybridized carbons (Fsp3) is 0.176. The van der Waals surface area contributed by atoms with Crippen LogP contribution in [0.5, 0.6) is 17.2 Å². The standard InChI is InChI=1S/C17H13ClN2O4S/c1-22-12-7-6-9(18)15-14(12)19-17(25-15)20-16(21)13-8-23-10-4-2-3-5-11(10)24-13/h2-7,13H,8H2,1H3,(H,19,20,21). The molecule has 0 spiro atoms. The Morgan fingerprint density at radius 2 is 2.12 bits per heavy atom. The minimum atomic E-state index is -0.751. The van der Waals surface area contributed by atoms with E-state index >= 15 is 0 Å². The summed E-state index contributed by atoms with van der Waals surface area (Å²) >= 11 is 7.48. The highest BCUT2D eigenvalue weighted by Crippen LogP contribution is 2.37. The van der Waals surface area contributed by atoms with E-state index in [1.54, 1.807) is 31.4 Å². The normalized spacial score (nSPS) is 15.8. The fourth-order valence-corrected chi connectivity index (χ4v) is 3.66. The molecule has 1 aliphatic heterocycles. The summed E-state index contributed by atoms with van der Waals surface area (Å²) in [5.74, 6) is 1.44. The topological polar surface area (TPSA) is 69.7 Å². The number of ether oxygens (including phenoxy) is 3. The van der Waals surface area contributed by atoms with Gasteiger partial charge in [0.05, 0.1) is 16.8 Å². The maximum absolute atomic E-state index is 12.5. The molecule has 1 aromatic heterocycles. The van der Waals surface area contributed by atoms with E-state index in [2.05, 4.69) is 10.3 Å². The monoisotopic (exact) mass is 376 g/mol. The first-order valence-corrected chi connectivity index (χ1v) is 8.67. The molecule has 1 aliphatic rings. The molecule has 2 aromatic carbocycles. The minimum Gasteiger partial charge on any atom is -0.494 e. The Bertz CT molecular complexity index is 959. The van der Waals surface area contributed by atoms with Crippen LogP contribution >= 0.6 is 22.9 Å². The van der Waals surface area contributed by atoms with Crippen LogP contribution in [-0.2, 0) is 4.79 Å². The lowest BCUT2D eigenvalue weighted by molar-refractivity contribution is -0.125. The number of aromatic nitrogens is 1. The summed E-state index contributed by atoms with van der Waals surface area (Å²) in [5.41, 5.74) is 0.612. The van der Waals surface area contributed by atoms with Crippen molar-refractivity contribution in [2.75, 3.05) is 19.0 Å². The Labute approximate surface area is 152 Å². The van der Waals surface area contributed by atoms with Crippen molar-refractivity contribution in [3.8, 4) is 17.2 Å². The van der Waals surface area contributed by atoms with Crippen molar-refractivity contribution >= 4 is 44.2 Å². The van der Waals surface area contributed by atoms with Gasteiger partial charge in [-0.3, -0.25) is 10.1 Å². The molecule has 128 valence electrons. The van der Waals surface area contributed by atoms with Crippen LogP contribution in [0.4, 0.5) is 5.13 Å². The molecule has 1 unspecified atom stereocenters. The van der Waals surface area contributed by atoms with Gasteiger partial charge in [0.1, 0.15) is 17.9 Å². The number of para-hydroxylation sites is 2. The molecule has 1 N–H and O–H groups in total. The van der Waals surface area contributed by atoms with E-state index in [9.17, 15) is 4.79 Å². The quantitative estimate of drug-likeness (QED) is 0.754. The van der Waals surface area contributed by atoms with Crippen molar-refractivity contribution < 1.29 is 19.0 Å². The molecule has 0 bridgehead atoms. The molecule has 1 atom stereocenters. The Kier molecular flexibility index (Phi) is 4.10. The molecule has 0 saturated heterocycles. The third-order valence-electron chi connectivity index (χ3n) is 3.71. The zero-order chi connectivity index (χ0) is 17.4. The highest BCUT2D eigenvalue weighted by Gasteiger charge is 2.28. The van der Waals surface area contributed by atoms with Crippen molar-refractivity contribution in [2.24, 2.45) is 0 Å². The molecule has 4 rings (SSSR count). The highest BCUT2D eigenvalue weighted by atomic mass is 35.5. The van der Waals surface area contributed by atoms with Gasteiger partial charge >= 0.3 is 0 Å². The number of methoxy groups -OCH3 is 1. The van der Waals surface area contributed by atoms with Gasteiger partial charge in [0.15, 0.2) is 16.6 Å². The second-order valence-electron chi connectivity index (χ2n) is 5.30. The number of rotatable bonds is 3. The summed E-state index contributed by atoms with van der Waals surface area (Å²) in [4.78, 5) is 16.9. The van der Waals surface area contributed by atoms with Gasteiger partial charge in [-0.1, -0.05) is 35.1 Å². The molecule has 0 fully saturated rings. The van der Waals surface area contributed by atoms with Crippen molar-refractivity contribution in [2.45, 2.75) is 6.10 Å². The Balaban J connectivity index is 1.55. The largest absolute Gasteiger partial charge is 0.494 e. The molecular formula is C17H13ClN2O4S. The molecule has 0 aliphatic carbocycles. The maximum Gasteiger partial charge on any atom is 0.270 e. The van der Waals surface area contributed by atoms with E-state index in [0.29, 0.717) is 32.9 Å². The number of benzene rings is 2. The number of anilines is 1. The third-order valence-corrected chi connectivity index (χ3v) is 5.14. The van der Waals surface area contributed by atoms with Gasteiger partial charge < -0.3 is 14.2 Å². The summed E-state index contributed by atoms with van der Waals surface area (Å²) < 4.78 is 17.3. The Morgan fingerprint density at radius 1 is 1.32 bits per heavy atom. The van der Waals surface area contributed by atoms with Crippen LogP contribution < -0.4 is 19.5 Å². The number of nitrogens with one attached hydrogen (secondary N) is 1. The van der Waals surface area contributed by atoms with Crippen LogP contribution in [0.1, 0.15) is 0 Å². The van der Waals surface area contributed by atoms with E-state index in [1.807, 2.05) is 12.1 Å². The van der Waals surface area contributed by atoms with Gasteiger partial charge in [0, 0.05) is 0 Å². The zero-order valence-corrected chi connectivity index (χ0v) is 14.7. The van der Waals surface area contributed by atoms with Gasteiger partial charge in [0.2, 0.25) is 6.10 Å². The first kappa shape index (κ1) is 16.0. The van der Waals surface area contributed by atoms with Gasteiger partial charge in [-0.2, -0.15) is 0 Å². The lowest BCUT2D eigenvalue weighted by Crippen LogP contribution is -2.40. The number of carbonyl (C=O) groups excluding carboxylic acids is 1. The van der Waals surface area contributed by atoms with Gasteiger partial charge in [-0.15, -0.1) is 0 Å². The van der Waals surface area contributed by atoms with Gasteiger partial charge in [0.25, 0.3) is 5.91 Å². The Hall–Kier alpha value is -2.51. The molecule has 25 heavy (non-hydrogen) atoms. The molecule has 1 amide bonds. The van der Waals surface area contributed by atoms with Crippen LogP contribution in [0.15, 0.2) is 36.4 Å². The number of fused-ring (bicyclic) bond motifs is 2. The van der Waals surface area contributed by atoms with Crippen molar-refractivity contribution in [3.05, 3.63) is 41.4 Å². The summed E-state index contributed by atoms with van der Waals surface area (Å²) in [6, 6.07) is 10.7. The fourth-order valence-electron chi connectivity index (χ4n) is 2.51. The molecule has 0 saturated carbocycles. The number of amides is 1. The highest BCUT2D eigenvalue weighted by molar-refractivity contribution is 7.23. The average Bonchev–Trinajstić information content (AvgIpc) is 3.06. The summed E-state index contributed by atoms with van der Waals surface area (Å²) in [6.07, 6.45) is -0.751. The smallest absolute Gasteiger partial charge is 0.270 e. The van der Waals surface area contributed by atoms with Crippen LogP contribution in [-0.4, -0.2) is 30.7 Å². The van der Waals surface area contributed by atoms with Crippen molar-refractivity contribution in [1.82, 2.24) is 4.98 Å². The molecular weight excluding hydrogens is 364 g/mol. The molecule has 8 heteroatoms. The summed E-state index contributed by atoms with van der Waals surface area (Å²) in [6.45, 7) is 0.137. The lowest BCUT2D eigenvalue weighted by Gasteiger charge is -2.25. The van der Waals surface area contributed by atoms with E-state index < -0.39 is 6.10 Å². The molecule has 0 radical (unpaired) electrons. The SMILES string of the molecule is COc1ccc(Cl)c2sc(NC(=O)C3COc4ccccc4O3)nc12. The summed E-state index contributed by atoms with van der Waals surface area (Å²) in [5, 5.41) is 3.74. The number of halogens is 1. The maximum atomic E-state index is 12.5.